The molecule has 0 aliphatic carbocycles. The average Bonchev–Trinajstić information content (AvgIpc) is 2.90. The van der Waals surface area contributed by atoms with E-state index in [0.717, 1.165) is 16.7 Å². The van der Waals surface area contributed by atoms with Gasteiger partial charge in [0.1, 0.15) is 6.10 Å². The molecule has 32 heavy (non-hydrogen) atoms. The number of carbonyl (C=O) groups excluding carboxylic acids is 1. The minimum Gasteiger partial charge on any atom is -0.386 e. The number of carbonyl (C=O) groups is 1. The molecule has 0 spiro atoms. The quantitative estimate of drug-likeness (QED) is 0.542. The van der Waals surface area contributed by atoms with Crippen LogP contribution in [-0.4, -0.2) is 35.9 Å². The van der Waals surface area contributed by atoms with Crippen LogP contribution in [0.1, 0.15) is 23.6 Å². The van der Waals surface area contributed by atoms with E-state index in [9.17, 15) is 9.90 Å². The van der Waals surface area contributed by atoms with E-state index in [1.165, 1.54) is 4.90 Å². The lowest BCUT2D eigenvalue weighted by Crippen LogP contribution is -2.42. The van der Waals surface area contributed by atoms with E-state index in [2.05, 4.69) is 0 Å². The van der Waals surface area contributed by atoms with Gasteiger partial charge in [-0.25, -0.2) is 0 Å². The van der Waals surface area contributed by atoms with E-state index in [0.29, 0.717) is 27.0 Å². The molecule has 0 saturated heterocycles. The smallest absolute Gasteiger partial charge is 0.254 e. The van der Waals surface area contributed by atoms with Crippen molar-refractivity contribution in [2.45, 2.75) is 19.1 Å². The summed E-state index contributed by atoms with van der Waals surface area (Å²) in [6, 6.07) is 21.2. The number of fused-ring (bicyclic) bond motifs is 1. The monoisotopic (exact) mass is 464 g/mol. The number of rotatable bonds is 4. The van der Waals surface area contributed by atoms with E-state index >= 15 is 0 Å². The highest BCUT2D eigenvalue weighted by molar-refractivity contribution is 6.32. The van der Waals surface area contributed by atoms with Crippen molar-refractivity contribution in [3.63, 3.8) is 0 Å². The molecule has 0 saturated carbocycles. The number of likely N-dealkylation sites (N-methyl/N-ethyl adjacent to an activating group) is 1. The topological polar surface area (TPSA) is 52.9 Å². The number of nitrogens with zero attached hydrogens (tertiary/aromatic N) is 2. The first-order valence-electron chi connectivity index (χ1n) is 10.2. The predicted molar refractivity (Wildman–Crippen MR) is 132 cm³/mol. The van der Waals surface area contributed by atoms with Crippen LogP contribution in [0.5, 0.6) is 0 Å². The molecule has 0 fully saturated rings. The average molecular weight is 465 g/mol. The molecule has 3 aromatic rings. The molecule has 6 heteroatoms. The lowest BCUT2D eigenvalue weighted by atomic mass is 9.99. The largest absolute Gasteiger partial charge is 0.386 e. The first-order valence-corrected chi connectivity index (χ1v) is 10.9. The van der Waals surface area contributed by atoms with Crippen molar-refractivity contribution in [1.82, 2.24) is 0 Å². The molecule has 3 aromatic carbocycles. The van der Waals surface area contributed by atoms with Crippen LogP contribution < -0.4 is 4.90 Å². The number of halogens is 2. The van der Waals surface area contributed by atoms with Crippen molar-refractivity contribution in [2.75, 3.05) is 11.9 Å². The second-order valence-corrected chi connectivity index (χ2v) is 8.60. The summed E-state index contributed by atoms with van der Waals surface area (Å²) in [6.07, 6.45) is 0.727. The van der Waals surface area contributed by atoms with E-state index in [1.54, 1.807) is 44.3 Å². The summed E-state index contributed by atoms with van der Waals surface area (Å²) < 4.78 is 0. The Labute approximate surface area is 197 Å². The van der Waals surface area contributed by atoms with Crippen molar-refractivity contribution in [2.24, 2.45) is 4.99 Å². The molecule has 0 aromatic heterocycles. The Balaban J connectivity index is 1.82. The number of aliphatic hydroxyl groups excluding tert-OH is 1. The number of benzene rings is 3. The third kappa shape index (κ3) is 4.49. The molecule has 0 bridgehead atoms. The fourth-order valence-corrected chi connectivity index (χ4v) is 4.06. The Morgan fingerprint density at radius 2 is 1.69 bits per heavy atom. The summed E-state index contributed by atoms with van der Waals surface area (Å²) in [6.45, 7) is 1.79. The first kappa shape index (κ1) is 22.3. The Morgan fingerprint density at radius 1 is 1.03 bits per heavy atom. The SMILES string of the molecule is C/C(=C\c1ccc(Cl)cc1)[C@H](O)[C@@H]1N=C(c2ccccc2)c2cc(Cl)ccc2N(C)C1=O. The maximum absolute atomic E-state index is 13.4. The molecule has 1 heterocycles. The summed E-state index contributed by atoms with van der Waals surface area (Å²) in [5.41, 5.74) is 4.39. The van der Waals surface area contributed by atoms with Crippen LogP contribution in [-0.2, 0) is 4.79 Å². The molecular formula is C26H22Cl2N2O2. The van der Waals surface area contributed by atoms with Gasteiger partial charge in [-0.3, -0.25) is 9.79 Å². The maximum Gasteiger partial charge on any atom is 0.254 e. The highest BCUT2D eigenvalue weighted by atomic mass is 35.5. The van der Waals surface area contributed by atoms with Crippen LogP contribution in [0.15, 0.2) is 83.4 Å². The third-order valence-electron chi connectivity index (χ3n) is 5.50. The van der Waals surface area contributed by atoms with Crippen molar-refractivity contribution >= 4 is 46.6 Å². The van der Waals surface area contributed by atoms with Gasteiger partial charge in [-0.15, -0.1) is 0 Å². The summed E-state index contributed by atoms with van der Waals surface area (Å²) in [5.74, 6) is -0.296. The fraction of sp³-hybridized carbons (Fsp3) is 0.154. The Morgan fingerprint density at radius 3 is 2.38 bits per heavy atom. The standard InChI is InChI=1S/C26H22Cl2N2O2/c1-16(14-17-8-10-19(27)11-9-17)25(31)24-26(32)30(2)22-13-12-20(28)15-21(22)23(29-24)18-6-4-3-5-7-18/h3-15,24-25,31H,1-2H3/b16-14+/t24-,25-/m0/s1. The Hall–Kier alpha value is -2.92. The van der Waals surface area contributed by atoms with Crippen LogP contribution >= 0.6 is 23.2 Å². The molecule has 162 valence electrons. The highest BCUT2D eigenvalue weighted by Crippen LogP contribution is 2.31. The van der Waals surface area contributed by atoms with Crippen LogP contribution in [0, 0.1) is 0 Å². The number of hydrogen-bond acceptors (Lipinski definition) is 3. The third-order valence-corrected chi connectivity index (χ3v) is 5.99. The van der Waals surface area contributed by atoms with Gasteiger partial charge in [0.05, 0.1) is 11.4 Å². The number of hydrogen-bond donors (Lipinski definition) is 1. The molecule has 2 atom stereocenters. The van der Waals surface area contributed by atoms with E-state index < -0.39 is 12.1 Å². The molecule has 1 amide bonds. The van der Waals surface area contributed by atoms with Gasteiger partial charge in [0.2, 0.25) is 0 Å². The molecule has 1 N–H and O–H groups in total. The highest BCUT2D eigenvalue weighted by Gasteiger charge is 2.35. The van der Waals surface area contributed by atoms with Crippen molar-refractivity contribution in [3.8, 4) is 0 Å². The van der Waals surface area contributed by atoms with Crippen molar-refractivity contribution < 1.29 is 9.90 Å². The van der Waals surface area contributed by atoms with Crippen molar-refractivity contribution in [3.05, 3.63) is 105 Å². The summed E-state index contributed by atoms with van der Waals surface area (Å²) in [5, 5.41) is 12.4. The Bertz CT molecular complexity index is 1200. The van der Waals surface area contributed by atoms with Gasteiger partial charge in [-0.05, 0) is 48.4 Å². The lowest BCUT2D eigenvalue weighted by molar-refractivity contribution is -0.121. The van der Waals surface area contributed by atoms with Gasteiger partial charge in [0.15, 0.2) is 6.04 Å². The number of benzodiazepines with no additional fused rings is 1. The molecule has 1 aliphatic rings. The number of anilines is 1. The second-order valence-electron chi connectivity index (χ2n) is 7.73. The van der Waals surface area contributed by atoms with Gasteiger partial charge in [0.25, 0.3) is 5.91 Å². The second kappa shape index (κ2) is 9.29. The van der Waals surface area contributed by atoms with Gasteiger partial charge >= 0.3 is 0 Å². The van der Waals surface area contributed by atoms with E-state index in [4.69, 9.17) is 28.2 Å². The van der Waals surface area contributed by atoms with E-state index in [-0.39, 0.29) is 5.91 Å². The van der Waals surface area contributed by atoms with Gasteiger partial charge in [0, 0.05) is 28.2 Å². The summed E-state index contributed by atoms with van der Waals surface area (Å²) >= 11 is 12.3. The zero-order chi connectivity index (χ0) is 22.8. The number of amides is 1. The van der Waals surface area contributed by atoms with Crippen LogP contribution in [0.25, 0.3) is 6.08 Å². The first-order chi connectivity index (χ1) is 15.3. The fourth-order valence-electron chi connectivity index (χ4n) is 3.76. The van der Waals surface area contributed by atoms with Crippen molar-refractivity contribution in [1.29, 1.82) is 0 Å². The Kier molecular flexibility index (Phi) is 6.47. The molecule has 4 nitrogen and oxygen atoms in total. The minimum atomic E-state index is -1.11. The van der Waals surface area contributed by atoms with Gasteiger partial charge in [-0.1, -0.05) is 71.7 Å². The molecular weight excluding hydrogens is 443 g/mol. The molecule has 4 rings (SSSR count). The molecule has 0 unspecified atom stereocenters. The normalized spacial score (nSPS) is 17.5. The molecule has 1 aliphatic heterocycles. The zero-order valence-electron chi connectivity index (χ0n) is 17.7. The van der Waals surface area contributed by atoms with Gasteiger partial charge < -0.3 is 10.0 Å². The van der Waals surface area contributed by atoms with E-state index in [1.807, 2.05) is 48.5 Å². The molecule has 0 radical (unpaired) electrons. The minimum absolute atomic E-state index is 0.296. The number of aliphatic hydroxyl groups is 1. The summed E-state index contributed by atoms with van der Waals surface area (Å²) in [7, 11) is 1.69. The zero-order valence-corrected chi connectivity index (χ0v) is 19.2. The van der Waals surface area contributed by atoms with Crippen LogP contribution in [0.4, 0.5) is 5.69 Å². The summed E-state index contributed by atoms with van der Waals surface area (Å²) in [4.78, 5) is 19.7. The number of aliphatic imine (C=N–C) groups is 1. The van der Waals surface area contributed by atoms with Crippen LogP contribution in [0.3, 0.4) is 0 Å². The lowest BCUT2D eigenvalue weighted by Gasteiger charge is -2.24. The maximum atomic E-state index is 13.4. The predicted octanol–water partition coefficient (Wildman–Crippen LogP) is 5.64. The van der Waals surface area contributed by atoms with Gasteiger partial charge in [-0.2, -0.15) is 0 Å². The van der Waals surface area contributed by atoms with Crippen LogP contribution in [0.2, 0.25) is 10.0 Å².